The van der Waals surface area contributed by atoms with Gasteiger partial charge in [0.1, 0.15) is 17.6 Å². The standard InChI is InChI=1S/C28H31N5O4S/c1-37-20-13-11-19(12-14-20)30-25(35)17-38-28-32-22-10-6-5-9-21(22)26-31-23(27(36)33(26)28)15-16-24(34)29-18-7-3-2-4-8-18/h5-6,9-14,18,23H,2-4,7-8,15-17H2,1H3,(H,29,34)(H,30,35)/t23-/m1/s1. The number of benzene rings is 2. The minimum Gasteiger partial charge on any atom is -0.497 e. The second-order valence-corrected chi connectivity index (χ2v) is 10.5. The van der Waals surface area contributed by atoms with Crippen LogP contribution in [0.4, 0.5) is 11.4 Å². The first-order chi connectivity index (χ1) is 18.5. The third-order valence-corrected chi connectivity index (χ3v) is 7.81. The molecule has 0 aromatic heterocycles. The van der Waals surface area contributed by atoms with Crippen molar-refractivity contribution in [1.82, 2.24) is 10.2 Å². The number of carbonyl (C=O) groups is 3. The number of fused-ring (bicyclic) bond motifs is 3. The van der Waals surface area contributed by atoms with E-state index in [1.54, 1.807) is 31.4 Å². The summed E-state index contributed by atoms with van der Waals surface area (Å²) in [4.78, 5) is 49.5. The Morgan fingerprint density at radius 2 is 1.82 bits per heavy atom. The highest BCUT2D eigenvalue weighted by Crippen LogP contribution is 2.34. The maximum absolute atomic E-state index is 13.4. The second-order valence-electron chi connectivity index (χ2n) is 9.56. The lowest BCUT2D eigenvalue weighted by molar-refractivity contribution is -0.125. The fourth-order valence-electron chi connectivity index (χ4n) is 4.90. The Labute approximate surface area is 226 Å². The Bertz CT molecular complexity index is 1270. The molecule has 1 saturated carbocycles. The summed E-state index contributed by atoms with van der Waals surface area (Å²) in [6.45, 7) is 0. The van der Waals surface area contributed by atoms with Gasteiger partial charge in [0, 0.05) is 23.7 Å². The molecule has 3 amide bonds. The highest BCUT2D eigenvalue weighted by molar-refractivity contribution is 8.14. The number of methoxy groups -OCH3 is 1. The number of rotatable bonds is 8. The summed E-state index contributed by atoms with van der Waals surface area (Å²) in [5, 5.41) is 6.37. The summed E-state index contributed by atoms with van der Waals surface area (Å²) in [7, 11) is 1.58. The van der Waals surface area contributed by atoms with Gasteiger partial charge in [0.15, 0.2) is 5.17 Å². The highest BCUT2D eigenvalue weighted by atomic mass is 32.2. The van der Waals surface area contributed by atoms with E-state index in [1.165, 1.54) is 23.1 Å². The molecule has 2 aliphatic heterocycles. The molecular formula is C28H31N5O4S. The summed E-state index contributed by atoms with van der Waals surface area (Å²) >= 11 is 1.18. The number of thioether (sulfide) groups is 1. The van der Waals surface area contributed by atoms with Crippen LogP contribution in [0, 0.1) is 0 Å². The van der Waals surface area contributed by atoms with Gasteiger partial charge in [-0.05, 0) is 55.7 Å². The van der Waals surface area contributed by atoms with E-state index >= 15 is 0 Å². The van der Waals surface area contributed by atoms with Crippen LogP contribution >= 0.6 is 11.8 Å². The average Bonchev–Trinajstić information content (AvgIpc) is 3.28. The number of aliphatic imine (C=N–C) groups is 2. The van der Waals surface area contributed by atoms with Crippen molar-refractivity contribution >= 4 is 51.9 Å². The molecule has 2 heterocycles. The number of carbonyl (C=O) groups excluding carboxylic acids is 3. The molecule has 0 unspecified atom stereocenters. The Morgan fingerprint density at radius 3 is 2.58 bits per heavy atom. The van der Waals surface area contributed by atoms with Gasteiger partial charge in [0.25, 0.3) is 5.91 Å². The number of hydrogen-bond acceptors (Lipinski definition) is 7. The zero-order valence-corrected chi connectivity index (χ0v) is 22.1. The van der Waals surface area contributed by atoms with E-state index < -0.39 is 6.04 Å². The van der Waals surface area contributed by atoms with E-state index in [1.807, 2.05) is 24.3 Å². The van der Waals surface area contributed by atoms with E-state index in [0.717, 1.165) is 31.2 Å². The van der Waals surface area contributed by atoms with E-state index in [0.29, 0.717) is 34.5 Å². The number of para-hydroxylation sites is 1. The van der Waals surface area contributed by atoms with Crippen LogP contribution in [0.2, 0.25) is 0 Å². The molecule has 9 nitrogen and oxygen atoms in total. The molecule has 0 saturated heterocycles. The Hall–Kier alpha value is -3.66. The minimum absolute atomic E-state index is 0.0337. The molecule has 38 heavy (non-hydrogen) atoms. The number of amides is 3. The van der Waals surface area contributed by atoms with Crippen molar-refractivity contribution in [3.63, 3.8) is 0 Å². The topological polar surface area (TPSA) is 112 Å². The summed E-state index contributed by atoms with van der Waals surface area (Å²) < 4.78 is 5.15. The first-order valence-electron chi connectivity index (χ1n) is 13.0. The summed E-state index contributed by atoms with van der Waals surface area (Å²) in [6, 6.07) is 14.1. The predicted molar refractivity (Wildman–Crippen MR) is 149 cm³/mol. The van der Waals surface area contributed by atoms with E-state index in [-0.39, 0.29) is 35.9 Å². The van der Waals surface area contributed by atoms with Crippen LogP contribution in [-0.4, -0.2) is 58.6 Å². The quantitative estimate of drug-likeness (QED) is 0.527. The maximum atomic E-state index is 13.4. The van der Waals surface area contributed by atoms with Crippen LogP contribution in [0.25, 0.3) is 0 Å². The zero-order chi connectivity index (χ0) is 26.5. The van der Waals surface area contributed by atoms with Gasteiger partial charge in [-0.2, -0.15) is 0 Å². The van der Waals surface area contributed by atoms with E-state index in [4.69, 9.17) is 9.73 Å². The highest BCUT2D eigenvalue weighted by Gasteiger charge is 2.41. The Kier molecular flexibility index (Phi) is 8.07. The SMILES string of the molecule is COc1ccc(NC(=O)CSC2=Nc3ccccc3C3=N[C@H](CCC(=O)NC4CCCCC4)C(=O)N23)cc1. The van der Waals surface area contributed by atoms with Crippen molar-refractivity contribution in [3.8, 4) is 5.75 Å². The molecule has 3 aliphatic rings. The molecule has 2 N–H and O–H groups in total. The van der Waals surface area contributed by atoms with Gasteiger partial charge in [-0.15, -0.1) is 0 Å². The maximum Gasteiger partial charge on any atom is 0.259 e. The van der Waals surface area contributed by atoms with Crippen molar-refractivity contribution in [2.24, 2.45) is 9.98 Å². The van der Waals surface area contributed by atoms with Gasteiger partial charge in [0.2, 0.25) is 11.8 Å². The molecule has 10 heteroatoms. The van der Waals surface area contributed by atoms with Gasteiger partial charge in [-0.1, -0.05) is 43.2 Å². The first kappa shape index (κ1) is 26.0. The van der Waals surface area contributed by atoms with Crippen molar-refractivity contribution in [2.45, 2.75) is 57.0 Å². The molecule has 0 spiro atoms. The second kappa shape index (κ2) is 11.8. The molecule has 2 aromatic carbocycles. The van der Waals surface area contributed by atoms with Crippen molar-refractivity contribution in [1.29, 1.82) is 0 Å². The minimum atomic E-state index is -0.660. The normalized spacial score (nSPS) is 18.7. The lowest BCUT2D eigenvalue weighted by Crippen LogP contribution is -2.42. The molecule has 1 atom stereocenters. The molecule has 5 rings (SSSR count). The van der Waals surface area contributed by atoms with Gasteiger partial charge in [-0.25, -0.2) is 9.89 Å². The van der Waals surface area contributed by atoms with Gasteiger partial charge in [0.05, 0.1) is 18.6 Å². The summed E-state index contributed by atoms with van der Waals surface area (Å²) in [5.41, 5.74) is 2.12. The lowest BCUT2D eigenvalue weighted by Gasteiger charge is -2.25. The number of ether oxygens (including phenoxy) is 1. The van der Waals surface area contributed by atoms with Crippen LogP contribution in [0.1, 0.15) is 50.5 Å². The number of anilines is 1. The van der Waals surface area contributed by atoms with E-state index in [9.17, 15) is 14.4 Å². The number of amidine groups is 2. The molecule has 1 fully saturated rings. The molecule has 0 radical (unpaired) electrons. The Morgan fingerprint density at radius 1 is 1.05 bits per heavy atom. The third kappa shape index (κ3) is 5.91. The monoisotopic (exact) mass is 533 g/mol. The van der Waals surface area contributed by atoms with E-state index in [2.05, 4.69) is 15.6 Å². The van der Waals surface area contributed by atoms with Crippen LogP contribution in [-0.2, 0) is 14.4 Å². The van der Waals surface area contributed by atoms with Crippen LogP contribution in [0.3, 0.4) is 0 Å². The fraction of sp³-hybridized carbons (Fsp3) is 0.393. The smallest absolute Gasteiger partial charge is 0.259 e. The predicted octanol–water partition coefficient (Wildman–Crippen LogP) is 4.25. The first-order valence-corrected chi connectivity index (χ1v) is 14.0. The zero-order valence-electron chi connectivity index (χ0n) is 21.3. The molecule has 0 bridgehead atoms. The van der Waals surface area contributed by atoms with Crippen LogP contribution in [0.15, 0.2) is 58.5 Å². The number of nitrogens with one attached hydrogen (secondary N) is 2. The molecule has 2 aromatic rings. The molecule has 1 aliphatic carbocycles. The van der Waals surface area contributed by atoms with Crippen LogP contribution in [0.5, 0.6) is 5.75 Å². The summed E-state index contributed by atoms with van der Waals surface area (Å²) in [6.07, 6.45) is 6.12. The van der Waals surface area contributed by atoms with Crippen molar-refractivity contribution in [2.75, 3.05) is 18.2 Å². The van der Waals surface area contributed by atoms with Crippen molar-refractivity contribution < 1.29 is 19.1 Å². The van der Waals surface area contributed by atoms with Gasteiger partial charge < -0.3 is 15.4 Å². The average molecular weight is 534 g/mol. The number of hydrogen-bond donors (Lipinski definition) is 2. The summed E-state index contributed by atoms with van der Waals surface area (Å²) in [5.74, 6) is 0.820. The van der Waals surface area contributed by atoms with Crippen LogP contribution < -0.4 is 15.4 Å². The third-order valence-electron chi connectivity index (χ3n) is 6.87. The van der Waals surface area contributed by atoms with Crippen molar-refractivity contribution in [3.05, 3.63) is 54.1 Å². The number of nitrogens with zero attached hydrogens (tertiary/aromatic N) is 3. The fourth-order valence-corrected chi connectivity index (χ4v) is 5.70. The van der Waals surface area contributed by atoms with Gasteiger partial charge in [-0.3, -0.25) is 19.4 Å². The lowest BCUT2D eigenvalue weighted by atomic mass is 9.95. The van der Waals surface area contributed by atoms with Gasteiger partial charge >= 0.3 is 0 Å². The molecular weight excluding hydrogens is 502 g/mol. The largest absolute Gasteiger partial charge is 0.497 e. The Balaban J connectivity index is 1.24. The molecule has 198 valence electrons.